The minimum Gasteiger partial charge on any atom is -0.267 e. The molecule has 0 fully saturated rings. The fraction of sp³-hybridized carbons (Fsp3) is 0.273. The summed E-state index contributed by atoms with van der Waals surface area (Å²) < 4.78 is 1.51. The summed E-state index contributed by atoms with van der Waals surface area (Å²) in [5.41, 5.74) is 0.877. The van der Waals surface area contributed by atoms with Crippen LogP contribution in [0.15, 0.2) is 29.1 Å². The van der Waals surface area contributed by atoms with Crippen LogP contribution in [0.2, 0.25) is 0 Å². The van der Waals surface area contributed by atoms with Crippen molar-refractivity contribution in [2.45, 2.75) is 13.5 Å². The van der Waals surface area contributed by atoms with Gasteiger partial charge in [-0.15, -0.1) is 0 Å². The summed E-state index contributed by atoms with van der Waals surface area (Å²) in [7, 11) is 0. The van der Waals surface area contributed by atoms with Gasteiger partial charge in [0.25, 0.3) is 5.56 Å². The Morgan fingerprint density at radius 2 is 2.00 bits per heavy atom. The number of rotatable bonds is 2. The molecule has 78 valence electrons. The third-order valence-electron chi connectivity index (χ3n) is 2.35. The van der Waals surface area contributed by atoms with Crippen LogP contribution >= 0.6 is 15.9 Å². The molecule has 0 radical (unpaired) electrons. The van der Waals surface area contributed by atoms with Gasteiger partial charge in [-0.3, -0.25) is 4.79 Å². The lowest BCUT2D eigenvalue weighted by molar-refractivity contribution is 0.622. The van der Waals surface area contributed by atoms with Crippen molar-refractivity contribution in [1.29, 1.82) is 0 Å². The van der Waals surface area contributed by atoms with Gasteiger partial charge in [-0.25, -0.2) is 4.68 Å². The zero-order valence-corrected chi connectivity index (χ0v) is 9.99. The maximum atomic E-state index is 12.0. The normalized spacial score (nSPS) is 10.8. The Hall–Kier alpha value is -1.16. The summed E-state index contributed by atoms with van der Waals surface area (Å²) in [6, 6.07) is 7.57. The van der Waals surface area contributed by atoms with Crippen molar-refractivity contribution < 1.29 is 0 Å². The van der Waals surface area contributed by atoms with Crippen LogP contribution in [-0.4, -0.2) is 15.1 Å². The number of benzene rings is 1. The van der Waals surface area contributed by atoms with Crippen molar-refractivity contribution in [2.75, 3.05) is 5.33 Å². The summed E-state index contributed by atoms with van der Waals surface area (Å²) in [4.78, 5) is 12.0. The summed E-state index contributed by atoms with van der Waals surface area (Å²) in [5, 5.41) is 6.68. The highest BCUT2D eigenvalue weighted by molar-refractivity contribution is 9.09. The molecule has 0 atom stereocenters. The molecule has 0 unspecified atom stereocenters. The number of nitrogens with zero attached hydrogens (tertiary/aromatic N) is 2. The molecule has 2 rings (SSSR count). The van der Waals surface area contributed by atoms with E-state index in [1.807, 2.05) is 31.2 Å². The number of alkyl halides is 1. The van der Waals surface area contributed by atoms with Crippen LogP contribution in [0.3, 0.4) is 0 Å². The number of hydrogen-bond donors (Lipinski definition) is 0. The van der Waals surface area contributed by atoms with Crippen LogP contribution in [0.4, 0.5) is 0 Å². The summed E-state index contributed by atoms with van der Waals surface area (Å²) >= 11 is 3.31. The van der Waals surface area contributed by atoms with Crippen LogP contribution in [-0.2, 0) is 6.54 Å². The van der Waals surface area contributed by atoms with Gasteiger partial charge < -0.3 is 0 Å². The third kappa shape index (κ3) is 1.81. The molecular weight excluding hydrogens is 256 g/mol. The number of halogens is 1. The van der Waals surface area contributed by atoms with Gasteiger partial charge in [0.05, 0.1) is 17.6 Å². The quantitative estimate of drug-likeness (QED) is 0.781. The minimum absolute atomic E-state index is 0.0179. The van der Waals surface area contributed by atoms with E-state index in [1.165, 1.54) is 4.68 Å². The van der Waals surface area contributed by atoms with E-state index in [-0.39, 0.29) is 5.56 Å². The number of aryl methyl sites for hydroxylation is 2. The van der Waals surface area contributed by atoms with E-state index in [1.54, 1.807) is 0 Å². The average Bonchev–Trinajstić information content (AvgIpc) is 2.26. The fourth-order valence-electron chi connectivity index (χ4n) is 1.64. The molecule has 1 aromatic heterocycles. The first kappa shape index (κ1) is 10.4. The van der Waals surface area contributed by atoms with Gasteiger partial charge in [0.2, 0.25) is 0 Å². The maximum absolute atomic E-state index is 12.0. The summed E-state index contributed by atoms with van der Waals surface area (Å²) in [6.07, 6.45) is 0. The van der Waals surface area contributed by atoms with Crippen LogP contribution in [0.25, 0.3) is 10.8 Å². The smallest absolute Gasteiger partial charge is 0.267 e. The van der Waals surface area contributed by atoms with Crippen molar-refractivity contribution >= 4 is 26.7 Å². The highest BCUT2D eigenvalue weighted by Crippen LogP contribution is 2.11. The van der Waals surface area contributed by atoms with Crippen molar-refractivity contribution in [3.63, 3.8) is 0 Å². The Kier molecular flexibility index (Phi) is 2.86. The van der Waals surface area contributed by atoms with E-state index in [0.717, 1.165) is 21.8 Å². The molecule has 0 saturated heterocycles. The highest BCUT2D eigenvalue weighted by atomic mass is 79.9. The molecule has 3 nitrogen and oxygen atoms in total. The third-order valence-corrected chi connectivity index (χ3v) is 2.70. The van der Waals surface area contributed by atoms with Crippen molar-refractivity contribution in [1.82, 2.24) is 9.78 Å². The molecule has 0 spiro atoms. The van der Waals surface area contributed by atoms with E-state index in [9.17, 15) is 4.79 Å². The molecule has 1 aromatic carbocycles. The predicted molar refractivity (Wildman–Crippen MR) is 64.5 cm³/mol. The molecule has 4 heteroatoms. The zero-order valence-electron chi connectivity index (χ0n) is 8.40. The molecule has 0 saturated carbocycles. The fourth-order valence-corrected chi connectivity index (χ4v) is 1.97. The topological polar surface area (TPSA) is 34.9 Å². The zero-order chi connectivity index (χ0) is 10.8. The van der Waals surface area contributed by atoms with Gasteiger partial charge in [0.1, 0.15) is 0 Å². The van der Waals surface area contributed by atoms with Gasteiger partial charge in [-0.2, -0.15) is 5.10 Å². The second-order valence-electron chi connectivity index (χ2n) is 3.35. The molecule has 0 N–H and O–H groups in total. The first-order chi connectivity index (χ1) is 7.24. The van der Waals surface area contributed by atoms with Gasteiger partial charge in [0.15, 0.2) is 0 Å². The van der Waals surface area contributed by atoms with Crippen molar-refractivity contribution in [2.24, 2.45) is 0 Å². The van der Waals surface area contributed by atoms with E-state index >= 15 is 0 Å². The number of aromatic nitrogens is 2. The highest BCUT2D eigenvalue weighted by Gasteiger charge is 2.05. The first-order valence-electron chi connectivity index (χ1n) is 4.76. The largest absolute Gasteiger partial charge is 0.274 e. The van der Waals surface area contributed by atoms with Gasteiger partial charge >= 0.3 is 0 Å². The van der Waals surface area contributed by atoms with E-state index in [0.29, 0.717) is 6.54 Å². The summed E-state index contributed by atoms with van der Waals surface area (Å²) in [5.74, 6) is 0. The molecule has 0 aliphatic rings. The van der Waals surface area contributed by atoms with Gasteiger partial charge in [-0.1, -0.05) is 34.1 Å². The predicted octanol–water partition coefficient (Wildman–Crippen LogP) is 2.10. The molecule has 1 heterocycles. The Morgan fingerprint density at radius 1 is 1.33 bits per heavy atom. The lowest BCUT2D eigenvalue weighted by Crippen LogP contribution is -2.24. The molecule has 15 heavy (non-hydrogen) atoms. The van der Waals surface area contributed by atoms with Crippen molar-refractivity contribution in [3.05, 3.63) is 40.3 Å². The lowest BCUT2D eigenvalue weighted by Gasteiger charge is -2.06. The molecular formula is C11H11BrN2O. The van der Waals surface area contributed by atoms with Crippen LogP contribution in [0.5, 0.6) is 0 Å². The van der Waals surface area contributed by atoms with E-state index < -0.39 is 0 Å². The Labute approximate surface area is 95.9 Å². The van der Waals surface area contributed by atoms with Crippen LogP contribution < -0.4 is 5.56 Å². The molecule has 0 amide bonds. The summed E-state index contributed by atoms with van der Waals surface area (Å²) in [6.45, 7) is 2.52. The Balaban J connectivity index is 2.79. The average molecular weight is 267 g/mol. The second-order valence-corrected chi connectivity index (χ2v) is 4.14. The maximum Gasteiger partial charge on any atom is 0.274 e. The van der Waals surface area contributed by atoms with Crippen LogP contribution in [0.1, 0.15) is 5.69 Å². The lowest BCUT2D eigenvalue weighted by atomic mass is 10.1. The Morgan fingerprint density at radius 3 is 2.67 bits per heavy atom. The Bertz CT molecular complexity index is 548. The minimum atomic E-state index is -0.0179. The van der Waals surface area contributed by atoms with E-state index in [2.05, 4.69) is 21.0 Å². The van der Waals surface area contributed by atoms with Crippen molar-refractivity contribution in [3.8, 4) is 0 Å². The molecule has 0 bridgehead atoms. The molecule has 0 aliphatic carbocycles. The number of hydrogen-bond acceptors (Lipinski definition) is 2. The van der Waals surface area contributed by atoms with Gasteiger partial charge in [0, 0.05) is 10.7 Å². The monoisotopic (exact) mass is 266 g/mol. The number of fused-ring (bicyclic) bond motifs is 1. The van der Waals surface area contributed by atoms with E-state index in [4.69, 9.17) is 0 Å². The SMILES string of the molecule is Cc1nn(CCBr)c(=O)c2ccccc12. The standard InChI is InChI=1S/C11H11BrN2O/c1-8-9-4-2-3-5-10(9)11(15)14(13-8)7-6-12/h2-5H,6-7H2,1H3. The molecule has 2 aromatic rings. The molecule has 0 aliphatic heterocycles. The second kappa shape index (κ2) is 4.14. The first-order valence-corrected chi connectivity index (χ1v) is 5.88. The van der Waals surface area contributed by atoms with Crippen LogP contribution in [0, 0.1) is 6.92 Å². The van der Waals surface area contributed by atoms with Gasteiger partial charge in [-0.05, 0) is 13.0 Å².